The first-order valence-corrected chi connectivity index (χ1v) is 7.77. The third-order valence-electron chi connectivity index (χ3n) is 6.25. The molecule has 108 valence electrons. The van der Waals surface area contributed by atoms with Gasteiger partial charge < -0.3 is 9.84 Å². The second kappa shape index (κ2) is 4.47. The van der Waals surface area contributed by atoms with Gasteiger partial charge in [-0.05, 0) is 61.7 Å². The van der Waals surface area contributed by atoms with Gasteiger partial charge in [0.2, 0.25) is 0 Å². The van der Waals surface area contributed by atoms with Crippen LogP contribution in [0.15, 0.2) is 0 Å². The lowest BCUT2D eigenvalue weighted by Crippen LogP contribution is -2.61. The largest absolute Gasteiger partial charge is 0.479 e. The molecular weight excluding hydrogens is 240 g/mol. The van der Waals surface area contributed by atoms with Gasteiger partial charge in [0, 0.05) is 13.0 Å². The lowest BCUT2D eigenvalue weighted by atomic mass is 9.47. The molecule has 1 unspecified atom stereocenters. The van der Waals surface area contributed by atoms with Crippen LogP contribution in [-0.4, -0.2) is 23.8 Å². The summed E-state index contributed by atoms with van der Waals surface area (Å²) in [5.74, 6) is 2.40. The predicted molar refractivity (Wildman–Crippen MR) is 72.7 cm³/mol. The highest BCUT2D eigenvalue weighted by Gasteiger charge is 2.60. The van der Waals surface area contributed by atoms with Gasteiger partial charge in [-0.3, -0.25) is 0 Å². The van der Waals surface area contributed by atoms with Crippen molar-refractivity contribution in [2.75, 3.05) is 7.11 Å². The van der Waals surface area contributed by atoms with Crippen LogP contribution in [0.25, 0.3) is 0 Å². The van der Waals surface area contributed by atoms with Gasteiger partial charge in [0.25, 0.3) is 0 Å². The summed E-state index contributed by atoms with van der Waals surface area (Å²) in [6.07, 6.45) is 6.35. The number of carboxylic acids is 1. The molecule has 0 saturated heterocycles. The first kappa shape index (κ1) is 13.4. The molecule has 1 N–H and O–H groups in total. The monoisotopic (exact) mass is 266 g/mol. The average Bonchev–Trinajstić information content (AvgIpc) is 2.31. The molecule has 0 aliphatic heterocycles. The molecule has 4 bridgehead atoms. The summed E-state index contributed by atoms with van der Waals surface area (Å²) >= 11 is 0. The summed E-state index contributed by atoms with van der Waals surface area (Å²) < 4.78 is 5.69. The van der Waals surface area contributed by atoms with Gasteiger partial charge in [0.1, 0.15) is 0 Å². The Morgan fingerprint density at radius 1 is 1.11 bits per heavy atom. The lowest BCUT2D eigenvalue weighted by molar-refractivity contribution is -0.205. The molecule has 1 atom stereocenters. The molecule has 3 heteroatoms. The number of methoxy groups -OCH3 is 1. The van der Waals surface area contributed by atoms with Crippen LogP contribution in [0.3, 0.4) is 0 Å². The quantitative estimate of drug-likeness (QED) is 0.850. The summed E-state index contributed by atoms with van der Waals surface area (Å²) in [4.78, 5) is 12.0. The number of rotatable bonds is 4. The molecule has 0 heterocycles. The van der Waals surface area contributed by atoms with Crippen LogP contribution in [0.1, 0.15) is 46.0 Å². The maximum atomic E-state index is 12.0. The molecule has 0 amide bonds. The lowest BCUT2D eigenvalue weighted by Gasteiger charge is -2.59. The number of aliphatic carboxylic acids is 1. The van der Waals surface area contributed by atoms with E-state index in [0.29, 0.717) is 11.8 Å². The number of hydrogen-bond donors (Lipinski definition) is 1. The van der Waals surface area contributed by atoms with E-state index in [0.717, 1.165) is 11.8 Å². The molecule has 3 nitrogen and oxygen atoms in total. The Morgan fingerprint density at radius 2 is 1.58 bits per heavy atom. The number of carbonyl (C=O) groups is 1. The van der Waals surface area contributed by atoms with E-state index in [1.807, 2.05) is 13.8 Å². The Bertz CT molecular complexity index is 348. The van der Waals surface area contributed by atoms with Gasteiger partial charge >= 0.3 is 5.97 Å². The summed E-state index contributed by atoms with van der Waals surface area (Å²) in [7, 11) is 1.60. The van der Waals surface area contributed by atoms with Gasteiger partial charge in [0.15, 0.2) is 5.60 Å². The highest BCUT2D eigenvalue weighted by Crippen LogP contribution is 2.60. The predicted octanol–water partition coefficient (Wildman–Crippen LogP) is 3.18. The van der Waals surface area contributed by atoms with Gasteiger partial charge in [0.05, 0.1) is 0 Å². The van der Waals surface area contributed by atoms with Crippen molar-refractivity contribution < 1.29 is 14.6 Å². The molecule has 0 aromatic heterocycles. The number of ether oxygens (including phenoxy) is 1. The molecule has 4 aliphatic carbocycles. The zero-order chi connectivity index (χ0) is 13.8. The standard InChI is InChI=1S/C16H26O3/c1-9(2)16(19-3,15(17)18)14-12-5-10-4-11(7-12)8-13(14)6-10/h9-14H,4-8H2,1-3H3,(H,17,18). The minimum atomic E-state index is -0.970. The topological polar surface area (TPSA) is 46.5 Å². The molecule has 4 aliphatic rings. The molecule has 0 aromatic carbocycles. The minimum absolute atomic E-state index is 0.0255. The fourth-order valence-electron chi connectivity index (χ4n) is 5.86. The third kappa shape index (κ3) is 1.77. The van der Waals surface area contributed by atoms with Crippen molar-refractivity contribution in [2.45, 2.75) is 51.6 Å². The first-order valence-electron chi connectivity index (χ1n) is 7.77. The van der Waals surface area contributed by atoms with E-state index in [4.69, 9.17) is 4.74 Å². The Hall–Kier alpha value is -0.570. The highest BCUT2D eigenvalue weighted by molar-refractivity contribution is 5.78. The van der Waals surface area contributed by atoms with Crippen LogP contribution in [0, 0.1) is 35.5 Å². The van der Waals surface area contributed by atoms with Crippen molar-refractivity contribution >= 4 is 5.97 Å². The smallest absolute Gasteiger partial charge is 0.336 e. The Morgan fingerprint density at radius 3 is 1.89 bits per heavy atom. The SMILES string of the molecule is COC(C(=O)O)(C(C)C)C1C2CC3CC(C2)CC1C3. The highest BCUT2D eigenvalue weighted by atomic mass is 16.5. The molecule has 0 spiro atoms. The van der Waals surface area contributed by atoms with E-state index in [1.54, 1.807) is 7.11 Å². The molecular formula is C16H26O3. The van der Waals surface area contributed by atoms with Gasteiger partial charge in [-0.1, -0.05) is 13.8 Å². The molecule has 4 rings (SSSR count). The van der Waals surface area contributed by atoms with Gasteiger partial charge in [-0.25, -0.2) is 4.79 Å². The normalized spacial score (nSPS) is 43.5. The van der Waals surface area contributed by atoms with Crippen molar-refractivity contribution in [1.82, 2.24) is 0 Å². The van der Waals surface area contributed by atoms with E-state index < -0.39 is 11.6 Å². The van der Waals surface area contributed by atoms with Crippen molar-refractivity contribution in [3.63, 3.8) is 0 Å². The molecule has 19 heavy (non-hydrogen) atoms. The second-order valence-electron chi connectivity index (χ2n) is 7.41. The summed E-state index contributed by atoms with van der Waals surface area (Å²) in [5, 5.41) is 9.85. The maximum absolute atomic E-state index is 12.0. The molecule has 0 aromatic rings. The molecule has 0 radical (unpaired) electrons. The van der Waals surface area contributed by atoms with E-state index in [2.05, 4.69) is 0 Å². The number of hydrogen-bond acceptors (Lipinski definition) is 2. The summed E-state index contributed by atoms with van der Waals surface area (Å²) in [5.41, 5.74) is -0.970. The number of carboxylic acid groups (broad SMARTS) is 1. The van der Waals surface area contributed by atoms with Crippen LogP contribution in [-0.2, 0) is 9.53 Å². The van der Waals surface area contributed by atoms with Crippen molar-refractivity contribution in [2.24, 2.45) is 35.5 Å². The van der Waals surface area contributed by atoms with E-state index in [-0.39, 0.29) is 11.8 Å². The Balaban J connectivity index is 1.97. The van der Waals surface area contributed by atoms with E-state index in [9.17, 15) is 9.90 Å². The fraction of sp³-hybridized carbons (Fsp3) is 0.938. The van der Waals surface area contributed by atoms with Crippen LogP contribution < -0.4 is 0 Å². The third-order valence-corrected chi connectivity index (χ3v) is 6.25. The Kier molecular flexibility index (Phi) is 3.16. The van der Waals surface area contributed by atoms with Crippen LogP contribution in [0.2, 0.25) is 0 Å². The molecule has 4 saturated carbocycles. The van der Waals surface area contributed by atoms with Crippen LogP contribution in [0.4, 0.5) is 0 Å². The van der Waals surface area contributed by atoms with Gasteiger partial charge in [-0.15, -0.1) is 0 Å². The summed E-state index contributed by atoms with van der Waals surface area (Å²) in [6.45, 7) is 4.01. The average molecular weight is 266 g/mol. The van der Waals surface area contributed by atoms with E-state index in [1.165, 1.54) is 32.1 Å². The summed E-state index contributed by atoms with van der Waals surface area (Å²) in [6, 6.07) is 0. The minimum Gasteiger partial charge on any atom is -0.479 e. The zero-order valence-electron chi connectivity index (χ0n) is 12.3. The maximum Gasteiger partial charge on any atom is 0.336 e. The zero-order valence-corrected chi connectivity index (χ0v) is 12.3. The van der Waals surface area contributed by atoms with Crippen LogP contribution in [0.5, 0.6) is 0 Å². The van der Waals surface area contributed by atoms with Crippen molar-refractivity contribution in [3.05, 3.63) is 0 Å². The van der Waals surface area contributed by atoms with E-state index >= 15 is 0 Å². The molecule has 4 fully saturated rings. The van der Waals surface area contributed by atoms with Crippen molar-refractivity contribution in [1.29, 1.82) is 0 Å². The van der Waals surface area contributed by atoms with Crippen LogP contribution >= 0.6 is 0 Å². The first-order chi connectivity index (χ1) is 8.99. The fourth-order valence-corrected chi connectivity index (χ4v) is 5.86. The van der Waals surface area contributed by atoms with Gasteiger partial charge in [-0.2, -0.15) is 0 Å². The second-order valence-corrected chi connectivity index (χ2v) is 7.41. The Labute approximate surface area is 115 Å². The van der Waals surface area contributed by atoms with Crippen molar-refractivity contribution in [3.8, 4) is 0 Å².